The highest BCUT2D eigenvalue weighted by Gasteiger charge is 2.15. The third kappa shape index (κ3) is 2.56. The Bertz CT molecular complexity index is 816. The molecule has 0 atom stereocenters. The minimum absolute atomic E-state index is 0.143. The molecule has 6 heteroatoms. The molecule has 0 aliphatic heterocycles. The van der Waals surface area contributed by atoms with Gasteiger partial charge in [-0.2, -0.15) is 4.52 Å². The topological polar surface area (TPSA) is 73.3 Å². The summed E-state index contributed by atoms with van der Waals surface area (Å²) in [4.78, 5) is 20.6. The van der Waals surface area contributed by atoms with Gasteiger partial charge in [0.05, 0.1) is 5.69 Å². The summed E-state index contributed by atoms with van der Waals surface area (Å²) in [6.45, 7) is 5.54. The molecule has 0 aliphatic carbocycles. The molecular formula is C15H16N4O2. The van der Waals surface area contributed by atoms with Gasteiger partial charge in [0.25, 0.3) is 0 Å². The van der Waals surface area contributed by atoms with Crippen LogP contribution in [0.25, 0.3) is 17.2 Å². The number of aryl methyl sites for hydroxylation is 2. The van der Waals surface area contributed by atoms with Gasteiger partial charge in [0, 0.05) is 18.9 Å². The fraction of sp³-hybridized carbons (Fsp3) is 0.333. The standard InChI is InChI=1S/C15H16N4O2/c1-4-12(20)7-11-8-14-16-10(3)18-19(14)15(17-11)13-6-5-9(2)21-13/h5-6,8H,4,7H2,1-3H3. The van der Waals surface area contributed by atoms with Crippen molar-refractivity contribution in [3.05, 3.63) is 35.5 Å². The summed E-state index contributed by atoms with van der Waals surface area (Å²) >= 11 is 0. The maximum atomic E-state index is 11.7. The zero-order valence-electron chi connectivity index (χ0n) is 12.3. The monoisotopic (exact) mass is 284 g/mol. The fourth-order valence-corrected chi connectivity index (χ4v) is 2.18. The van der Waals surface area contributed by atoms with Crippen LogP contribution in [-0.4, -0.2) is 25.4 Å². The van der Waals surface area contributed by atoms with Crippen molar-refractivity contribution < 1.29 is 9.21 Å². The van der Waals surface area contributed by atoms with Gasteiger partial charge in [-0.15, -0.1) is 5.10 Å². The van der Waals surface area contributed by atoms with E-state index in [9.17, 15) is 4.79 Å². The molecule has 0 spiro atoms. The number of carbonyl (C=O) groups is 1. The van der Waals surface area contributed by atoms with Crippen LogP contribution in [-0.2, 0) is 11.2 Å². The molecule has 0 radical (unpaired) electrons. The summed E-state index contributed by atoms with van der Waals surface area (Å²) in [5, 5.41) is 4.34. The van der Waals surface area contributed by atoms with E-state index < -0.39 is 0 Å². The number of ketones is 1. The molecule has 3 aromatic rings. The van der Waals surface area contributed by atoms with Crippen LogP contribution in [0.5, 0.6) is 0 Å². The van der Waals surface area contributed by atoms with E-state index >= 15 is 0 Å². The van der Waals surface area contributed by atoms with Gasteiger partial charge in [-0.3, -0.25) is 4.79 Å². The lowest BCUT2D eigenvalue weighted by molar-refractivity contribution is -0.118. The average molecular weight is 284 g/mol. The second-order valence-corrected chi connectivity index (χ2v) is 4.98. The third-order valence-corrected chi connectivity index (χ3v) is 3.22. The minimum atomic E-state index is 0.143. The van der Waals surface area contributed by atoms with Crippen LogP contribution < -0.4 is 0 Å². The van der Waals surface area contributed by atoms with E-state index in [-0.39, 0.29) is 5.78 Å². The lowest BCUT2D eigenvalue weighted by atomic mass is 10.2. The molecule has 0 bridgehead atoms. The Labute approximate surface area is 121 Å². The Morgan fingerprint density at radius 3 is 2.76 bits per heavy atom. The first-order chi connectivity index (χ1) is 10.1. The van der Waals surface area contributed by atoms with E-state index in [1.807, 2.05) is 32.9 Å². The smallest absolute Gasteiger partial charge is 0.199 e. The second-order valence-electron chi connectivity index (χ2n) is 4.98. The summed E-state index contributed by atoms with van der Waals surface area (Å²) in [5.41, 5.74) is 1.36. The summed E-state index contributed by atoms with van der Waals surface area (Å²) in [7, 11) is 0. The summed E-state index contributed by atoms with van der Waals surface area (Å²) < 4.78 is 7.28. The van der Waals surface area contributed by atoms with Crippen molar-refractivity contribution in [1.82, 2.24) is 19.6 Å². The Morgan fingerprint density at radius 2 is 2.10 bits per heavy atom. The zero-order chi connectivity index (χ0) is 15.0. The van der Waals surface area contributed by atoms with Gasteiger partial charge >= 0.3 is 0 Å². The predicted octanol–water partition coefficient (Wildman–Crippen LogP) is 2.52. The maximum Gasteiger partial charge on any atom is 0.199 e. The molecule has 21 heavy (non-hydrogen) atoms. The van der Waals surface area contributed by atoms with E-state index in [1.54, 1.807) is 10.6 Å². The second kappa shape index (κ2) is 5.12. The van der Waals surface area contributed by atoms with Crippen LogP contribution in [0.2, 0.25) is 0 Å². The highest BCUT2D eigenvalue weighted by atomic mass is 16.3. The van der Waals surface area contributed by atoms with Crippen molar-refractivity contribution in [2.45, 2.75) is 33.6 Å². The highest BCUT2D eigenvalue weighted by Crippen LogP contribution is 2.21. The molecule has 3 heterocycles. The Hall–Kier alpha value is -2.50. The Balaban J connectivity index is 2.17. The molecular weight excluding hydrogens is 268 g/mol. The molecule has 0 amide bonds. The number of Topliss-reactive ketones (excluding diaryl/α,β-unsaturated/α-hetero) is 1. The van der Waals surface area contributed by atoms with Gasteiger partial charge in [0.2, 0.25) is 0 Å². The van der Waals surface area contributed by atoms with E-state index in [4.69, 9.17) is 4.42 Å². The van der Waals surface area contributed by atoms with Crippen molar-refractivity contribution in [1.29, 1.82) is 0 Å². The number of aromatic nitrogens is 4. The molecule has 0 unspecified atom stereocenters. The average Bonchev–Trinajstić information content (AvgIpc) is 3.02. The number of fused-ring (bicyclic) bond motifs is 1. The van der Waals surface area contributed by atoms with E-state index in [1.165, 1.54) is 0 Å². The molecule has 0 aliphatic rings. The summed E-state index contributed by atoms with van der Waals surface area (Å²) in [6, 6.07) is 5.52. The van der Waals surface area contributed by atoms with Crippen LogP contribution in [0, 0.1) is 13.8 Å². The van der Waals surface area contributed by atoms with Gasteiger partial charge < -0.3 is 4.42 Å². The number of hydrogen-bond acceptors (Lipinski definition) is 5. The van der Waals surface area contributed by atoms with Crippen LogP contribution >= 0.6 is 0 Å². The van der Waals surface area contributed by atoms with Crippen LogP contribution in [0.15, 0.2) is 22.6 Å². The molecule has 6 nitrogen and oxygen atoms in total. The van der Waals surface area contributed by atoms with Crippen molar-refractivity contribution in [3.8, 4) is 11.6 Å². The summed E-state index contributed by atoms with van der Waals surface area (Å²) in [5.74, 6) is 2.78. The number of hydrogen-bond donors (Lipinski definition) is 0. The van der Waals surface area contributed by atoms with Gasteiger partial charge in [-0.1, -0.05) is 6.92 Å². The van der Waals surface area contributed by atoms with Crippen LogP contribution in [0.4, 0.5) is 0 Å². The Kier molecular flexibility index (Phi) is 3.29. The number of furan rings is 1. The van der Waals surface area contributed by atoms with Crippen molar-refractivity contribution >= 4 is 11.4 Å². The lowest BCUT2D eigenvalue weighted by Crippen LogP contribution is -2.06. The van der Waals surface area contributed by atoms with E-state index in [2.05, 4.69) is 15.1 Å². The molecule has 0 aromatic carbocycles. The van der Waals surface area contributed by atoms with Gasteiger partial charge in [0.1, 0.15) is 17.4 Å². The predicted molar refractivity (Wildman–Crippen MR) is 77.0 cm³/mol. The quantitative estimate of drug-likeness (QED) is 0.736. The first-order valence-corrected chi connectivity index (χ1v) is 6.88. The Morgan fingerprint density at radius 1 is 1.29 bits per heavy atom. The molecule has 3 rings (SSSR count). The van der Waals surface area contributed by atoms with Crippen molar-refractivity contribution in [3.63, 3.8) is 0 Å². The van der Waals surface area contributed by atoms with Crippen LogP contribution in [0.3, 0.4) is 0 Å². The minimum Gasteiger partial charge on any atom is -0.458 e. The van der Waals surface area contributed by atoms with Gasteiger partial charge in [0.15, 0.2) is 17.2 Å². The van der Waals surface area contributed by atoms with Gasteiger partial charge in [-0.25, -0.2) is 9.97 Å². The zero-order valence-corrected chi connectivity index (χ0v) is 12.3. The number of carbonyl (C=O) groups excluding carboxylic acids is 1. The number of nitrogens with zero attached hydrogens (tertiary/aromatic N) is 4. The third-order valence-electron chi connectivity index (χ3n) is 3.22. The largest absolute Gasteiger partial charge is 0.458 e. The van der Waals surface area contributed by atoms with E-state index in [0.29, 0.717) is 41.6 Å². The van der Waals surface area contributed by atoms with Gasteiger partial charge in [-0.05, 0) is 26.0 Å². The van der Waals surface area contributed by atoms with Crippen molar-refractivity contribution in [2.24, 2.45) is 0 Å². The molecule has 3 aromatic heterocycles. The SMILES string of the molecule is CCC(=O)Cc1cc2nc(C)nn2c(-c2ccc(C)o2)n1. The first-order valence-electron chi connectivity index (χ1n) is 6.88. The molecule has 0 fully saturated rings. The van der Waals surface area contributed by atoms with Crippen molar-refractivity contribution in [2.75, 3.05) is 0 Å². The fourth-order valence-electron chi connectivity index (χ4n) is 2.18. The molecule has 0 saturated carbocycles. The summed E-state index contributed by atoms with van der Waals surface area (Å²) in [6.07, 6.45) is 0.791. The molecule has 0 N–H and O–H groups in total. The maximum absolute atomic E-state index is 11.7. The molecule has 0 saturated heterocycles. The lowest BCUT2D eigenvalue weighted by Gasteiger charge is -2.04. The molecule has 108 valence electrons. The normalized spacial score (nSPS) is 11.2. The number of rotatable bonds is 4. The first kappa shape index (κ1) is 13.5. The van der Waals surface area contributed by atoms with E-state index in [0.717, 1.165) is 5.76 Å². The highest BCUT2D eigenvalue weighted by molar-refractivity contribution is 5.80. The van der Waals surface area contributed by atoms with Crippen LogP contribution in [0.1, 0.15) is 30.6 Å².